The summed E-state index contributed by atoms with van der Waals surface area (Å²) in [6.45, 7) is 6.09. The zero-order chi connectivity index (χ0) is 25.8. The minimum atomic E-state index is -1.21. The van der Waals surface area contributed by atoms with Crippen molar-refractivity contribution in [3.63, 3.8) is 0 Å². The number of carboxylic acid groups (broad SMARTS) is 1. The van der Waals surface area contributed by atoms with Crippen LogP contribution < -0.4 is 10.6 Å². The van der Waals surface area contributed by atoms with Gasteiger partial charge in [0.2, 0.25) is 5.91 Å². The van der Waals surface area contributed by atoms with Gasteiger partial charge in [0.25, 0.3) is 5.91 Å². The lowest BCUT2D eigenvalue weighted by Gasteiger charge is -2.33. The molecule has 0 radical (unpaired) electrons. The third-order valence-corrected chi connectivity index (χ3v) is 5.48. The number of amides is 3. The zero-order valence-electron chi connectivity index (χ0n) is 19.6. The number of carbonyl (C=O) groups excluding carboxylic acids is 3. The van der Waals surface area contributed by atoms with Crippen LogP contribution in [0.15, 0.2) is 36.5 Å². The number of hydrogen-bond acceptors (Lipinski definition) is 6. The average Bonchev–Trinajstić information content (AvgIpc) is 2.79. The van der Waals surface area contributed by atoms with Gasteiger partial charge in [-0.3, -0.25) is 9.59 Å². The Morgan fingerprint density at radius 3 is 2.34 bits per heavy atom. The molecule has 186 valence electrons. The van der Waals surface area contributed by atoms with Gasteiger partial charge in [-0.1, -0.05) is 11.6 Å². The van der Waals surface area contributed by atoms with Crippen LogP contribution in [0.2, 0.25) is 5.02 Å². The molecule has 3 amide bonds. The van der Waals surface area contributed by atoms with Crippen molar-refractivity contribution < 1.29 is 29.0 Å². The number of nitrogens with zero attached hydrogens (tertiary/aromatic N) is 2. The number of nitrogens with one attached hydrogen (secondary N) is 2. The second-order valence-corrected chi connectivity index (χ2v) is 9.55. The van der Waals surface area contributed by atoms with Crippen molar-refractivity contribution in [3.8, 4) is 0 Å². The van der Waals surface area contributed by atoms with Crippen LogP contribution in [0.3, 0.4) is 0 Å². The van der Waals surface area contributed by atoms with Crippen LogP contribution in [0.5, 0.6) is 0 Å². The predicted octanol–water partition coefficient (Wildman–Crippen LogP) is 4.27. The number of aromatic nitrogens is 1. The highest BCUT2D eigenvalue weighted by Gasteiger charge is 2.30. The standard InChI is InChI=1S/C24H27ClN4O6/c1-24(2,3)35-23(34)29-10-8-14(9-11-29)20(30)27-18-6-4-15(22(32)33)12-17(18)21(31)28-19-7-5-16(25)13-26-19/h4-7,12-14H,8-11H2,1-3H3,(H,27,30)(H,32,33)(H,26,28,31). The molecule has 11 heteroatoms. The lowest BCUT2D eigenvalue weighted by Crippen LogP contribution is -2.43. The molecule has 10 nitrogen and oxygen atoms in total. The topological polar surface area (TPSA) is 138 Å². The minimum Gasteiger partial charge on any atom is -0.478 e. The van der Waals surface area contributed by atoms with Crippen molar-refractivity contribution in [2.75, 3.05) is 23.7 Å². The van der Waals surface area contributed by atoms with E-state index in [-0.39, 0.29) is 34.5 Å². The monoisotopic (exact) mass is 502 g/mol. The Morgan fingerprint density at radius 1 is 1.09 bits per heavy atom. The molecule has 1 saturated heterocycles. The molecule has 2 aromatic rings. The van der Waals surface area contributed by atoms with Gasteiger partial charge in [-0.2, -0.15) is 0 Å². The number of rotatable bonds is 5. The lowest BCUT2D eigenvalue weighted by atomic mass is 9.95. The van der Waals surface area contributed by atoms with Crippen molar-refractivity contribution >= 4 is 47.0 Å². The van der Waals surface area contributed by atoms with E-state index < -0.39 is 23.6 Å². The SMILES string of the molecule is CC(C)(C)OC(=O)N1CCC(C(=O)Nc2ccc(C(=O)O)cc2C(=O)Nc2ccc(Cl)cn2)CC1. The molecule has 0 bridgehead atoms. The highest BCUT2D eigenvalue weighted by atomic mass is 35.5. The van der Waals surface area contributed by atoms with Crippen LogP contribution in [0, 0.1) is 5.92 Å². The van der Waals surface area contributed by atoms with Crippen LogP contribution in [0.25, 0.3) is 0 Å². The largest absolute Gasteiger partial charge is 0.478 e. The number of ether oxygens (including phenoxy) is 1. The molecule has 0 spiro atoms. The van der Waals surface area contributed by atoms with Crippen LogP contribution in [-0.2, 0) is 9.53 Å². The molecule has 1 aliphatic rings. The van der Waals surface area contributed by atoms with Gasteiger partial charge >= 0.3 is 12.1 Å². The third-order valence-electron chi connectivity index (χ3n) is 5.26. The molecule has 0 aliphatic carbocycles. The summed E-state index contributed by atoms with van der Waals surface area (Å²) in [4.78, 5) is 55.1. The average molecular weight is 503 g/mol. The van der Waals surface area contributed by atoms with E-state index in [9.17, 15) is 24.3 Å². The van der Waals surface area contributed by atoms with Gasteiger partial charge in [-0.05, 0) is 63.9 Å². The summed E-state index contributed by atoms with van der Waals surface area (Å²) in [6, 6.07) is 6.91. The first-order chi connectivity index (χ1) is 16.4. The van der Waals surface area contributed by atoms with Gasteiger partial charge in [0.15, 0.2) is 0 Å². The summed E-state index contributed by atoms with van der Waals surface area (Å²) in [5.41, 5.74) is -0.573. The number of pyridine rings is 1. The fraction of sp³-hybridized carbons (Fsp3) is 0.375. The highest BCUT2D eigenvalue weighted by molar-refractivity contribution is 6.30. The Bertz CT molecular complexity index is 1120. The fourth-order valence-corrected chi connectivity index (χ4v) is 3.60. The van der Waals surface area contributed by atoms with E-state index in [0.717, 1.165) is 0 Å². The number of carboxylic acids is 1. The number of likely N-dealkylation sites (tertiary alicyclic amines) is 1. The zero-order valence-corrected chi connectivity index (χ0v) is 20.4. The van der Waals surface area contributed by atoms with Crippen LogP contribution in [0.4, 0.5) is 16.3 Å². The summed E-state index contributed by atoms with van der Waals surface area (Å²) < 4.78 is 5.38. The Labute approximate surface area is 207 Å². The number of anilines is 2. The van der Waals surface area contributed by atoms with Gasteiger partial charge in [-0.25, -0.2) is 14.6 Å². The van der Waals surface area contributed by atoms with Crippen molar-refractivity contribution in [2.24, 2.45) is 5.92 Å². The van der Waals surface area contributed by atoms with Gasteiger partial charge < -0.3 is 25.4 Å². The summed E-state index contributed by atoms with van der Waals surface area (Å²) in [5.74, 6) is -2.35. The van der Waals surface area contributed by atoms with E-state index in [1.807, 2.05) is 0 Å². The molecule has 3 N–H and O–H groups in total. The smallest absolute Gasteiger partial charge is 0.410 e. The molecule has 1 aliphatic heterocycles. The van der Waals surface area contributed by atoms with E-state index in [0.29, 0.717) is 31.0 Å². The number of carbonyl (C=O) groups is 4. The first-order valence-electron chi connectivity index (χ1n) is 11.0. The number of benzene rings is 1. The second-order valence-electron chi connectivity index (χ2n) is 9.11. The third kappa shape index (κ3) is 7.16. The van der Waals surface area contributed by atoms with E-state index in [2.05, 4.69) is 15.6 Å². The Kier molecular flexibility index (Phi) is 7.96. The van der Waals surface area contributed by atoms with Crippen LogP contribution in [-0.4, -0.2) is 57.6 Å². The minimum absolute atomic E-state index is 0.0267. The maximum atomic E-state index is 12.9. The van der Waals surface area contributed by atoms with E-state index in [1.165, 1.54) is 30.5 Å². The van der Waals surface area contributed by atoms with Crippen molar-refractivity contribution in [1.82, 2.24) is 9.88 Å². The molecule has 1 aromatic carbocycles. The summed E-state index contributed by atoms with van der Waals surface area (Å²) in [5, 5.41) is 15.0. The fourth-order valence-electron chi connectivity index (χ4n) is 3.49. The molecule has 3 rings (SSSR count). The van der Waals surface area contributed by atoms with E-state index in [1.54, 1.807) is 31.7 Å². The molecular formula is C24H27ClN4O6. The second kappa shape index (κ2) is 10.7. The lowest BCUT2D eigenvalue weighted by molar-refractivity contribution is -0.121. The van der Waals surface area contributed by atoms with Crippen molar-refractivity contribution in [3.05, 3.63) is 52.7 Å². The molecule has 1 fully saturated rings. The Balaban J connectivity index is 1.70. The number of aromatic carboxylic acids is 1. The maximum absolute atomic E-state index is 12.9. The predicted molar refractivity (Wildman–Crippen MR) is 130 cm³/mol. The molecule has 35 heavy (non-hydrogen) atoms. The molecule has 2 heterocycles. The maximum Gasteiger partial charge on any atom is 0.410 e. The first-order valence-corrected chi connectivity index (χ1v) is 11.4. The van der Waals surface area contributed by atoms with Crippen molar-refractivity contribution in [1.29, 1.82) is 0 Å². The van der Waals surface area contributed by atoms with Gasteiger partial charge in [0.1, 0.15) is 11.4 Å². The van der Waals surface area contributed by atoms with Crippen LogP contribution in [0.1, 0.15) is 54.3 Å². The molecule has 0 atom stereocenters. The molecule has 0 saturated carbocycles. The molecular weight excluding hydrogens is 476 g/mol. The van der Waals surface area contributed by atoms with Gasteiger partial charge in [0.05, 0.1) is 21.8 Å². The van der Waals surface area contributed by atoms with E-state index in [4.69, 9.17) is 16.3 Å². The summed E-state index contributed by atoms with van der Waals surface area (Å²) in [7, 11) is 0. The van der Waals surface area contributed by atoms with Gasteiger partial charge in [0, 0.05) is 25.2 Å². The molecule has 0 unspecified atom stereocenters. The van der Waals surface area contributed by atoms with Gasteiger partial charge in [-0.15, -0.1) is 0 Å². The Hall–Kier alpha value is -3.66. The van der Waals surface area contributed by atoms with Crippen LogP contribution >= 0.6 is 11.6 Å². The summed E-state index contributed by atoms with van der Waals surface area (Å²) in [6.07, 6.45) is 1.79. The normalized spacial score (nSPS) is 14.2. The number of hydrogen-bond donors (Lipinski definition) is 3. The number of piperidine rings is 1. The quantitative estimate of drug-likeness (QED) is 0.555. The number of halogens is 1. The highest BCUT2D eigenvalue weighted by Crippen LogP contribution is 2.24. The molecule has 1 aromatic heterocycles. The summed E-state index contributed by atoms with van der Waals surface area (Å²) >= 11 is 5.81. The Morgan fingerprint density at radius 2 is 1.77 bits per heavy atom. The van der Waals surface area contributed by atoms with E-state index >= 15 is 0 Å². The first kappa shape index (κ1) is 26.0. The van der Waals surface area contributed by atoms with Crippen molar-refractivity contribution in [2.45, 2.75) is 39.2 Å².